The van der Waals surface area contributed by atoms with E-state index in [1.54, 1.807) is 26.2 Å². The van der Waals surface area contributed by atoms with Crippen LogP contribution in [0.1, 0.15) is 28.3 Å². The molecule has 0 fully saturated rings. The zero-order valence-corrected chi connectivity index (χ0v) is 14.2. The molecule has 0 heterocycles. The van der Waals surface area contributed by atoms with Gasteiger partial charge in [-0.15, -0.1) is 0 Å². The number of rotatable bonds is 4. The molecule has 0 aliphatic carbocycles. The summed E-state index contributed by atoms with van der Waals surface area (Å²) in [6.07, 6.45) is 0. The van der Waals surface area contributed by atoms with Crippen LogP contribution in [0.4, 0.5) is 4.39 Å². The molecule has 1 atom stereocenters. The first kappa shape index (κ1) is 16.0. The molecule has 0 saturated carbocycles. The highest BCUT2D eigenvalue weighted by Gasteiger charge is 2.21. The number of hydrogen-bond acceptors (Lipinski definition) is 2. The maximum absolute atomic E-state index is 14.4. The minimum atomic E-state index is -0.267. The average Bonchev–Trinajstić information content (AvgIpc) is 2.47. The fourth-order valence-electron chi connectivity index (χ4n) is 2.44. The molecule has 4 heteroatoms. The summed E-state index contributed by atoms with van der Waals surface area (Å²) in [6.45, 7) is 3.77. The molecule has 0 spiro atoms. The molecule has 1 N–H and O–H groups in total. The van der Waals surface area contributed by atoms with Crippen molar-refractivity contribution in [1.82, 2.24) is 5.32 Å². The molecule has 0 aromatic heterocycles. The van der Waals surface area contributed by atoms with Gasteiger partial charge < -0.3 is 10.1 Å². The second-order valence-electron chi connectivity index (χ2n) is 5.04. The number of ether oxygens (including phenoxy) is 1. The van der Waals surface area contributed by atoms with Crippen molar-refractivity contribution in [3.63, 3.8) is 0 Å². The van der Waals surface area contributed by atoms with Crippen LogP contribution >= 0.6 is 15.9 Å². The van der Waals surface area contributed by atoms with E-state index >= 15 is 0 Å². The summed E-state index contributed by atoms with van der Waals surface area (Å²) in [5, 5.41) is 3.18. The molecule has 21 heavy (non-hydrogen) atoms. The van der Waals surface area contributed by atoms with Gasteiger partial charge in [0.1, 0.15) is 11.6 Å². The Morgan fingerprint density at radius 1 is 1.14 bits per heavy atom. The van der Waals surface area contributed by atoms with E-state index in [-0.39, 0.29) is 11.9 Å². The van der Waals surface area contributed by atoms with E-state index in [1.807, 2.05) is 32.2 Å². The van der Waals surface area contributed by atoms with Gasteiger partial charge in [-0.1, -0.05) is 34.1 Å². The second-order valence-corrected chi connectivity index (χ2v) is 5.90. The lowest BCUT2D eigenvalue weighted by molar-refractivity contribution is 0.404. The zero-order chi connectivity index (χ0) is 15.6. The van der Waals surface area contributed by atoms with Gasteiger partial charge >= 0.3 is 0 Å². The van der Waals surface area contributed by atoms with E-state index in [2.05, 4.69) is 21.2 Å². The number of hydrogen-bond donors (Lipinski definition) is 1. The van der Waals surface area contributed by atoms with Gasteiger partial charge in [0.25, 0.3) is 0 Å². The van der Waals surface area contributed by atoms with Crippen LogP contribution in [0.15, 0.2) is 34.8 Å². The maximum atomic E-state index is 14.4. The predicted octanol–water partition coefficient (Wildman–Crippen LogP) is 4.52. The van der Waals surface area contributed by atoms with Crippen LogP contribution in [0, 0.1) is 19.7 Å². The van der Waals surface area contributed by atoms with Gasteiger partial charge in [-0.05, 0) is 44.2 Å². The molecule has 0 aliphatic heterocycles. The van der Waals surface area contributed by atoms with Gasteiger partial charge in [-0.3, -0.25) is 0 Å². The minimum Gasteiger partial charge on any atom is -0.496 e. The van der Waals surface area contributed by atoms with Crippen molar-refractivity contribution >= 4 is 15.9 Å². The highest BCUT2D eigenvalue weighted by molar-refractivity contribution is 9.10. The Morgan fingerprint density at radius 2 is 1.86 bits per heavy atom. The first-order valence-electron chi connectivity index (χ1n) is 6.76. The van der Waals surface area contributed by atoms with Gasteiger partial charge in [-0.2, -0.15) is 0 Å². The van der Waals surface area contributed by atoms with E-state index in [0.29, 0.717) is 11.1 Å². The van der Waals surface area contributed by atoms with Crippen LogP contribution < -0.4 is 10.1 Å². The monoisotopic (exact) mass is 351 g/mol. The van der Waals surface area contributed by atoms with E-state index in [0.717, 1.165) is 21.3 Å². The standard InChI is InChI=1S/C17H19BrFNO/c1-10-6-5-7-12(16(10)19)17(20-3)13-9-14(18)11(2)8-15(13)21-4/h5-9,17,20H,1-4H3. The largest absolute Gasteiger partial charge is 0.496 e. The molecule has 0 bridgehead atoms. The fourth-order valence-corrected chi connectivity index (χ4v) is 2.81. The SMILES string of the molecule is CNC(c1cc(Br)c(C)cc1OC)c1cccc(C)c1F. The Labute approximate surface area is 133 Å². The summed E-state index contributed by atoms with van der Waals surface area (Å²) < 4.78 is 20.9. The number of aryl methyl sites for hydroxylation is 2. The quantitative estimate of drug-likeness (QED) is 0.873. The molecule has 2 aromatic carbocycles. The summed E-state index contributed by atoms with van der Waals surface area (Å²) in [5.41, 5.74) is 3.24. The Hall–Kier alpha value is -1.39. The molecule has 112 valence electrons. The number of methoxy groups -OCH3 is 1. The van der Waals surface area contributed by atoms with Crippen molar-refractivity contribution < 1.29 is 9.13 Å². The van der Waals surface area contributed by atoms with E-state index in [4.69, 9.17) is 4.74 Å². The summed E-state index contributed by atoms with van der Waals surface area (Å²) >= 11 is 3.54. The Morgan fingerprint density at radius 3 is 2.48 bits per heavy atom. The summed E-state index contributed by atoms with van der Waals surface area (Å²) in [5.74, 6) is 0.562. The molecule has 0 saturated heterocycles. The van der Waals surface area contributed by atoms with Crippen molar-refractivity contribution in [1.29, 1.82) is 0 Å². The number of halogens is 2. The third-order valence-corrected chi connectivity index (χ3v) is 4.50. The molecule has 0 amide bonds. The van der Waals surface area contributed by atoms with Gasteiger partial charge in [0.15, 0.2) is 0 Å². The highest BCUT2D eigenvalue weighted by atomic mass is 79.9. The van der Waals surface area contributed by atoms with Gasteiger partial charge in [0.2, 0.25) is 0 Å². The maximum Gasteiger partial charge on any atom is 0.131 e. The summed E-state index contributed by atoms with van der Waals surface area (Å²) in [7, 11) is 3.45. The Balaban J connectivity index is 2.61. The fraction of sp³-hybridized carbons (Fsp3) is 0.294. The number of benzene rings is 2. The third-order valence-electron chi connectivity index (χ3n) is 3.64. The van der Waals surface area contributed by atoms with Crippen molar-refractivity contribution in [3.8, 4) is 5.75 Å². The molecule has 0 radical (unpaired) electrons. The second kappa shape index (κ2) is 6.58. The molecule has 0 aliphatic rings. The minimum absolute atomic E-state index is 0.185. The van der Waals surface area contributed by atoms with Crippen LogP contribution in [-0.2, 0) is 0 Å². The van der Waals surface area contributed by atoms with Crippen LogP contribution in [0.5, 0.6) is 5.75 Å². The summed E-state index contributed by atoms with van der Waals surface area (Å²) in [6, 6.07) is 9.11. The average molecular weight is 352 g/mol. The van der Waals surface area contributed by atoms with Crippen LogP contribution in [0.2, 0.25) is 0 Å². The molecule has 2 aromatic rings. The van der Waals surface area contributed by atoms with Crippen molar-refractivity contribution in [2.24, 2.45) is 0 Å². The van der Waals surface area contributed by atoms with E-state index < -0.39 is 0 Å². The normalized spacial score (nSPS) is 12.3. The van der Waals surface area contributed by atoms with Gasteiger partial charge in [0.05, 0.1) is 13.2 Å². The predicted molar refractivity (Wildman–Crippen MR) is 87.5 cm³/mol. The smallest absolute Gasteiger partial charge is 0.131 e. The molecular formula is C17H19BrFNO. The van der Waals surface area contributed by atoms with E-state index in [9.17, 15) is 4.39 Å². The lowest BCUT2D eigenvalue weighted by Gasteiger charge is -2.22. The van der Waals surface area contributed by atoms with Gasteiger partial charge in [-0.25, -0.2) is 4.39 Å². The van der Waals surface area contributed by atoms with Crippen molar-refractivity contribution in [2.45, 2.75) is 19.9 Å². The van der Waals surface area contributed by atoms with Crippen LogP contribution in [-0.4, -0.2) is 14.2 Å². The lowest BCUT2D eigenvalue weighted by atomic mass is 9.95. The first-order valence-corrected chi connectivity index (χ1v) is 7.55. The van der Waals surface area contributed by atoms with Gasteiger partial charge in [0, 0.05) is 15.6 Å². The Bertz CT molecular complexity index is 657. The zero-order valence-electron chi connectivity index (χ0n) is 12.6. The van der Waals surface area contributed by atoms with Crippen molar-refractivity contribution in [2.75, 3.05) is 14.2 Å². The number of nitrogens with one attached hydrogen (secondary N) is 1. The lowest BCUT2D eigenvalue weighted by Crippen LogP contribution is -2.20. The first-order chi connectivity index (χ1) is 9.99. The van der Waals surface area contributed by atoms with Crippen LogP contribution in [0.3, 0.4) is 0 Å². The Kier molecular flexibility index (Phi) is 5.01. The molecule has 2 nitrogen and oxygen atoms in total. The molecule has 1 unspecified atom stereocenters. The molecular weight excluding hydrogens is 333 g/mol. The van der Waals surface area contributed by atoms with E-state index in [1.165, 1.54) is 0 Å². The highest BCUT2D eigenvalue weighted by Crippen LogP contribution is 2.35. The molecule has 2 rings (SSSR count). The topological polar surface area (TPSA) is 21.3 Å². The third kappa shape index (κ3) is 3.11. The van der Waals surface area contributed by atoms with Crippen molar-refractivity contribution in [3.05, 3.63) is 62.9 Å². The van der Waals surface area contributed by atoms with Crippen LogP contribution in [0.25, 0.3) is 0 Å². The summed E-state index contributed by atoms with van der Waals surface area (Å²) in [4.78, 5) is 0.